The SMILES string of the molecule is COC(=O)C(Cc1ccc(O)cc1)NC(=O)c1cccc2ccccc12. The summed E-state index contributed by atoms with van der Waals surface area (Å²) in [4.78, 5) is 24.9. The molecule has 0 aliphatic carbocycles. The topological polar surface area (TPSA) is 75.6 Å². The second-order valence-electron chi connectivity index (χ2n) is 5.95. The predicted molar refractivity (Wildman–Crippen MR) is 99.0 cm³/mol. The van der Waals surface area contributed by atoms with Gasteiger partial charge in [-0.15, -0.1) is 0 Å². The molecule has 0 aliphatic heterocycles. The van der Waals surface area contributed by atoms with E-state index in [9.17, 15) is 14.7 Å². The van der Waals surface area contributed by atoms with Gasteiger partial charge in [0.25, 0.3) is 5.91 Å². The van der Waals surface area contributed by atoms with E-state index in [2.05, 4.69) is 5.32 Å². The number of esters is 1. The van der Waals surface area contributed by atoms with Gasteiger partial charge < -0.3 is 15.2 Å². The third kappa shape index (κ3) is 3.83. The summed E-state index contributed by atoms with van der Waals surface area (Å²) < 4.78 is 4.83. The van der Waals surface area contributed by atoms with Crippen molar-refractivity contribution in [3.05, 3.63) is 77.9 Å². The van der Waals surface area contributed by atoms with Gasteiger partial charge in [0.1, 0.15) is 11.8 Å². The molecule has 2 N–H and O–H groups in total. The molecule has 0 aliphatic rings. The van der Waals surface area contributed by atoms with Gasteiger partial charge in [-0.3, -0.25) is 4.79 Å². The van der Waals surface area contributed by atoms with Crippen molar-refractivity contribution in [2.24, 2.45) is 0 Å². The first-order chi connectivity index (χ1) is 12.6. The number of rotatable bonds is 5. The fourth-order valence-electron chi connectivity index (χ4n) is 2.86. The van der Waals surface area contributed by atoms with Gasteiger partial charge in [0.15, 0.2) is 0 Å². The Morgan fingerprint density at radius 1 is 1.00 bits per heavy atom. The quantitative estimate of drug-likeness (QED) is 0.694. The van der Waals surface area contributed by atoms with Crippen LogP contribution in [-0.4, -0.2) is 30.1 Å². The molecular formula is C21H19NO4. The highest BCUT2D eigenvalue weighted by Gasteiger charge is 2.23. The molecule has 5 heteroatoms. The third-order valence-corrected chi connectivity index (χ3v) is 4.20. The lowest BCUT2D eigenvalue weighted by Gasteiger charge is -2.17. The van der Waals surface area contributed by atoms with E-state index in [-0.39, 0.29) is 18.1 Å². The summed E-state index contributed by atoms with van der Waals surface area (Å²) in [5.74, 6) is -0.717. The number of hydrogen-bond donors (Lipinski definition) is 2. The molecule has 0 heterocycles. The van der Waals surface area contributed by atoms with E-state index in [0.29, 0.717) is 5.56 Å². The van der Waals surface area contributed by atoms with Crippen LogP contribution in [0.25, 0.3) is 10.8 Å². The minimum Gasteiger partial charge on any atom is -0.508 e. The van der Waals surface area contributed by atoms with Crippen molar-refractivity contribution in [1.29, 1.82) is 0 Å². The minimum absolute atomic E-state index is 0.142. The second-order valence-corrected chi connectivity index (χ2v) is 5.95. The lowest BCUT2D eigenvalue weighted by molar-refractivity contribution is -0.142. The van der Waals surface area contributed by atoms with Crippen LogP contribution in [0.15, 0.2) is 66.7 Å². The largest absolute Gasteiger partial charge is 0.508 e. The lowest BCUT2D eigenvalue weighted by atomic mass is 10.0. The van der Waals surface area contributed by atoms with E-state index >= 15 is 0 Å². The Morgan fingerprint density at radius 3 is 2.42 bits per heavy atom. The standard InChI is InChI=1S/C21H19NO4/c1-26-21(25)19(13-14-9-11-16(23)12-10-14)22-20(24)18-8-4-6-15-5-2-3-7-17(15)18/h2-12,19,23H,13H2,1H3,(H,22,24). The monoisotopic (exact) mass is 349 g/mol. The first-order valence-electron chi connectivity index (χ1n) is 8.23. The minimum atomic E-state index is -0.823. The summed E-state index contributed by atoms with van der Waals surface area (Å²) in [6, 6.07) is 18.7. The number of benzene rings is 3. The first kappa shape index (κ1) is 17.5. The molecular weight excluding hydrogens is 330 g/mol. The fraction of sp³-hybridized carbons (Fsp3) is 0.143. The van der Waals surface area contributed by atoms with Gasteiger partial charge in [0, 0.05) is 12.0 Å². The highest BCUT2D eigenvalue weighted by molar-refractivity contribution is 6.08. The van der Waals surface area contributed by atoms with Crippen LogP contribution in [0.5, 0.6) is 5.75 Å². The van der Waals surface area contributed by atoms with Crippen molar-refractivity contribution in [1.82, 2.24) is 5.32 Å². The number of ether oxygens (including phenoxy) is 1. The Hall–Kier alpha value is -3.34. The van der Waals surface area contributed by atoms with Crippen molar-refractivity contribution < 1.29 is 19.4 Å². The Morgan fingerprint density at radius 2 is 1.69 bits per heavy atom. The van der Waals surface area contributed by atoms with Gasteiger partial charge in [0.2, 0.25) is 0 Å². The molecule has 3 rings (SSSR count). The molecule has 132 valence electrons. The summed E-state index contributed by atoms with van der Waals surface area (Å²) in [6.45, 7) is 0. The van der Waals surface area contributed by atoms with Crippen LogP contribution in [0.1, 0.15) is 15.9 Å². The highest BCUT2D eigenvalue weighted by atomic mass is 16.5. The number of phenols is 1. The molecule has 26 heavy (non-hydrogen) atoms. The van der Waals surface area contributed by atoms with E-state index in [4.69, 9.17) is 4.74 Å². The average molecular weight is 349 g/mol. The first-order valence-corrected chi connectivity index (χ1v) is 8.23. The van der Waals surface area contributed by atoms with Crippen LogP contribution < -0.4 is 5.32 Å². The van der Waals surface area contributed by atoms with Crippen LogP contribution >= 0.6 is 0 Å². The maximum atomic E-state index is 12.8. The average Bonchev–Trinajstić information content (AvgIpc) is 2.68. The molecule has 0 radical (unpaired) electrons. The van der Waals surface area contributed by atoms with Crippen molar-refractivity contribution in [3.63, 3.8) is 0 Å². The maximum absolute atomic E-state index is 12.8. The third-order valence-electron chi connectivity index (χ3n) is 4.20. The summed E-state index contributed by atoms with van der Waals surface area (Å²) in [5.41, 5.74) is 1.30. The molecule has 1 unspecified atom stereocenters. The number of hydrogen-bond acceptors (Lipinski definition) is 4. The van der Waals surface area contributed by atoms with Crippen LogP contribution in [0.2, 0.25) is 0 Å². The summed E-state index contributed by atoms with van der Waals surface area (Å²) in [6.07, 6.45) is 0.267. The van der Waals surface area contributed by atoms with Crippen LogP contribution in [0.4, 0.5) is 0 Å². The second kappa shape index (κ2) is 7.70. The number of methoxy groups -OCH3 is 1. The zero-order valence-corrected chi connectivity index (χ0v) is 14.3. The van der Waals surface area contributed by atoms with Crippen molar-refractivity contribution >= 4 is 22.6 Å². The molecule has 3 aromatic rings. The maximum Gasteiger partial charge on any atom is 0.328 e. The van der Waals surface area contributed by atoms with E-state index in [1.54, 1.807) is 18.2 Å². The van der Waals surface area contributed by atoms with Gasteiger partial charge in [-0.25, -0.2) is 4.79 Å². The van der Waals surface area contributed by atoms with Gasteiger partial charge in [0.05, 0.1) is 7.11 Å². The van der Waals surface area contributed by atoms with E-state index < -0.39 is 12.0 Å². The van der Waals surface area contributed by atoms with Crippen LogP contribution in [0.3, 0.4) is 0 Å². The van der Waals surface area contributed by atoms with E-state index in [1.165, 1.54) is 19.2 Å². The molecule has 0 aromatic heterocycles. The zero-order chi connectivity index (χ0) is 18.5. The predicted octanol–water partition coefficient (Wildman–Crippen LogP) is 3.06. The molecule has 1 atom stereocenters. The van der Waals surface area contributed by atoms with Gasteiger partial charge in [-0.05, 0) is 34.5 Å². The molecule has 0 fully saturated rings. The van der Waals surface area contributed by atoms with Crippen molar-refractivity contribution in [2.75, 3.05) is 7.11 Å². The zero-order valence-electron chi connectivity index (χ0n) is 14.3. The lowest BCUT2D eigenvalue weighted by Crippen LogP contribution is -2.43. The summed E-state index contributed by atoms with van der Waals surface area (Å²) >= 11 is 0. The number of aromatic hydroxyl groups is 1. The number of nitrogens with one attached hydrogen (secondary N) is 1. The van der Waals surface area contributed by atoms with E-state index in [0.717, 1.165) is 16.3 Å². The van der Waals surface area contributed by atoms with Gasteiger partial charge in [-0.2, -0.15) is 0 Å². The van der Waals surface area contributed by atoms with Crippen LogP contribution in [0, 0.1) is 0 Å². The Bertz CT molecular complexity index is 929. The number of carbonyl (C=O) groups is 2. The highest BCUT2D eigenvalue weighted by Crippen LogP contribution is 2.19. The Labute approximate surface area is 151 Å². The summed E-state index contributed by atoms with van der Waals surface area (Å²) in [7, 11) is 1.29. The molecule has 0 bridgehead atoms. The summed E-state index contributed by atoms with van der Waals surface area (Å²) in [5, 5.41) is 13.9. The molecule has 1 amide bonds. The molecule has 0 saturated heterocycles. The van der Waals surface area contributed by atoms with Crippen molar-refractivity contribution in [3.8, 4) is 5.75 Å². The molecule has 0 saturated carbocycles. The smallest absolute Gasteiger partial charge is 0.328 e. The Balaban J connectivity index is 1.85. The van der Waals surface area contributed by atoms with Crippen LogP contribution in [-0.2, 0) is 16.0 Å². The number of amides is 1. The van der Waals surface area contributed by atoms with Gasteiger partial charge >= 0.3 is 5.97 Å². The molecule has 3 aromatic carbocycles. The van der Waals surface area contributed by atoms with E-state index in [1.807, 2.05) is 36.4 Å². The number of carbonyl (C=O) groups excluding carboxylic acids is 2. The van der Waals surface area contributed by atoms with Gasteiger partial charge in [-0.1, -0.05) is 48.5 Å². The Kier molecular flexibility index (Phi) is 5.17. The number of fused-ring (bicyclic) bond motifs is 1. The fourth-order valence-corrected chi connectivity index (χ4v) is 2.86. The normalized spacial score (nSPS) is 11.7. The van der Waals surface area contributed by atoms with Crippen molar-refractivity contribution in [2.45, 2.75) is 12.5 Å². The number of phenolic OH excluding ortho intramolecular Hbond substituents is 1. The molecule has 0 spiro atoms. The molecule has 5 nitrogen and oxygen atoms in total.